The maximum atomic E-state index is 13.1. The first-order valence-electron chi connectivity index (χ1n) is 10.3. The highest BCUT2D eigenvalue weighted by Crippen LogP contribution is 2.24. The van der Waals surface area contributed by atoms with Gasteiger partial charge in [-0.1, -0.05) is 48.5 Å². The van der Waals surface area contributed by atoms with E-state index in [0.29, 0.717) is 17.8 Å². The van der Waals surface area contributed by atoms with E-state index in [1.54, 1.807) is 10.9 Å². The molecule has 2 aromatic heterocycles. The first-order chi connectivity index (χ1) is 14.8. The molecule has 0 bridgehead atoms. The summed E-state index contributed by atoms with van der Waals surface area (Å²) in [7, 11) is 0. The predicted octanol–water partition coefficient (Wildman–Crippen LogP) is 4.00. The molecule has 0 saturated heterocycles. The highest BCUT2D eigenvalue weighted by molar-refractivity contribution is 5.99. The summed E-state index contributed by atoms with van der Waals surface area (Å²) in [4.78, 5) is 17.8. The number of rotatable bonds is 5. The highest BCUT2D eigenvalue weighted by Gasteiger charge is 2.19. The number of hydrogen-bond donors (Lipinski definition) is 1. The number of amides is 1. The lowest BCUT2D eigenvalue weighted by atomic mass is 10.1. The summed E-state index contributed by atoms with van der Waals surface area (Å²) in [6.45, 7) is 1.42. The van der Waals surface area contributed by atoms with Crippen LogP contribution in [0.4, 0.5) is 0 Å². The molecule has 0 atom stereocenters. The Morgan fingerprint density at radius 2 is 1.73 bits per heavy atom. The van der Waals surface area contributed by atoms with Crippen LogP contribution in [0.25, 0.3) is 16.9 Å². The van der Waals surface area contributed by atoms with Crippen molar-refractivity contribution >= 4 is 5.91 Å². The summed E-state index contributed by atoms with van der Waals surface area (Å²) in [6, 6.07) is 19.6. The van der Waals surface area contributed by atoms with Crippen molar-refractivity contribution in [1.82, 2.24) is 24.6 Å². The number of benzene rings is 2. The van der Waals surface area contributed by atoms with E-state index in [9.17, 15) is 4.79 Å². The SMILES string of the molecule is O=C(NCc1cn2c(n1)CCCC2)c1cn(-c2ccccc2)nc1-c1ccccc1. The van der Waals surface area contributed by atoms with E-state index in [1.165, 1.54) is 12.8 Å². The lowest BCUT2D eigenvalue weighted by Crippen LogP contribution is -2.23. The van der Waals surface area contributed by atoms with Crippen molar-refractivity contribution in [1.29, 1.82) is 0 Å². The van der Waals surface area contributed by atoms with E-state index >= 15 is 0 Å². The zero-order chi connectivity index (χ0) is 20.3. The molecule has 5 rings (SSSR count). The van der Waals surface area contributed by atoms with Gasteiger partial charge < -0.3 is 9.88 Å². The molecule has 3 heterocycles. The fourth-order valence-corrected chi connectivity index (χ4v) is 3.89. The van der Waals surface area contributed by atoms with Gasteiger partial charge in [-0.3, -0.25) is 4.79 Å². The summed E-state index contributed by atoms with van der Waals surface area (Å²) < 4.78 is 3.96. The van der Waals surface area contributed by atoms with Crippen molar-refractivity contribution in [3.8, 4) is 16.9 Å². The van der Waals surface area contributed by atoms with E-state index in [2.05, 4.69) is 21.1 Å². The number of aromatic nitrogens is 4. The molecule has 2 aromatic carbocycles. The van der Waals surface area contributed by atoms with Crippen LogP contribution in [-0.2, 0) is 19.5 Å². The Kier molecular flexibility index (Phi) is 4.89. The molecule has 150 valence electrons. The van der Waals surface area contributed by atoms with E-state index in [1.807, 2.05) is 60.7 Å². The van der Waals surface area contributed by atoms with Crippen LogP contribution in [0.5, 0.6) is 0 Å². The molecule has 30 heavy (non-hydrogen) atoms. The fourth-order valence-electron chi connectivity index (χ4n) is 3.89. The van der Waals surface area contributed by atoms with Gasteiger partial charge in [0.05, 0.1) is 23.5 Å². The molecule has 6 nitrogen and oxygen atoms in total. The number of nitrogens with zero attached hydrogens (tertiary/aromatic N) is 4. The minimum Gasteiger partial charge on any atom is -0.346 e. The van der Waals surface area contributed by atoms with Crippen LogP contribution in [0.3, 0.4) is 0 Å². The van der Waals surface area contributed by atoms with E-state index in [-0.39, 0.29) is 5.91 Å². The minimum atomic E-state index is -0.151. The highest BCUT2D eigenvalue weighted by atomic mass is 16.1. The van der Waals surface area contributed by atoms with Crippen molar-refractivity contribution in [3.63, 3.8) is 0 Å². The fraction of sp³-hybridized carbons (Fsp3) is 0.208. The summed E-state index contributed by atoms with van der Waals surface area (Å²) in [5.74, 6) is 0.967. The zero-order valence-corrected chi connectivity index (χ0v) is 16.7. The normalized spacial score (nSPS) is 13.1. The van der Waals surface area contributed by atoms with Gasteiger partial charge in [-0.2, -0.15) is 5.10 Å². The maximum absolute atomic E-state index is 13.1. The molecular formula is C24H23N5O. The van der Waals surface area contributed by atoms with E-state index < -0.39 is 0 Å². The average molecular weight is 397 g/mol. The van der Waals surface area contributed by atoms with Gasteiger partial charge in [0, 0.05) is 30.9 Å². The van der Waals surface area contributed by atoms with Gasteiger partial charge in [0.25, 0.3) is 5.91 Å². The second-order valence-corrected chi connectivity index (χ2v) is 7.52. The number of para-hydroxylation sites is 1. The molecule has 0 aliphatic carbocycles. The summed E-state index contributed by atoms with van der Waals surface area (Å²) >= 11 is 0. The third kappa shape index (κ3) is 3.64. The Labute approximate surface area is 175 Å². The Hall–Kier alpha value is -3.67. The molecule has 0 spiro atoms. The molecule has 0 unspecified atom stereocenters. The zero-order valence-electron chi connectivity index (χ0n) is 16.7. The molecule has 1 aliphatic heterocycles. The van der Waals surface area contributed by atoms with Gasteiger partial charge >= 0.3 is 0 Å². The Bertz CT molecular complexity index is 1140. The number of fused-ring (bicyclic) bond motifs is 1. The van der Waals surface area contributed by atoms with Crippen LogP contribution in [0.1, 0.15) is 34.7 Å². The monoisotopic (exact) mass is 397 g/mol. The number of aryl methyl sites for hydroxylation is 2. The van der Waals surface area contributed by atoms with Gasteiger partial charge in [-0.25, -0.2) is 9.67 Å². The lowest BCUT2D eigenvalue weighted by Gasteiger charge is -2.11. The summed E-state index contributed by atoms with van der Waals surface area (Å²) in [5.41, 5.74) is 3.94. The van der Waals surface area contributed by atoms with Crippen molar-refractivity contribution < 1.29 is 4.79 Å². The van der Waals surface area contributed by atoms with Crippen LogP contribution >= 0.6 is 0 Å². The molecule has 4 aromatic rings. The van der Waals surface area contributed by atoms with Crippen LogP contribution in [0.2, 0.25) is 0 Å². The first-order valence-corrected chi connectivity index (χ1v) is 10.3. The molecule has 1 N–H and O–H groups in total. The topological polar surface area (TPSA) is 64.7 Å². The first kappa shape index (κ1) is 18.4. The summed E-state index contributed by atoms with van der Waals surface area (Å²) in [6.07, 6.45) is 7.23. The molecule has 0 saturated carbocycles. The Morgan fingerprint density at radius 1 is 0.967 bits per heavy atom. The number of hydrogen-bond acceptors (Lipinski definition) is 3. The summed E-state index contributed by atoms with van der Waals surface area (Å²) in [5, 5.41) is 7.75. The second kappa shape index (κ2) is 7.99. The number of carbonyl (C=O) groups excluding carboxylic acids is 1. The molecule has 0 radical (unpaired) electrons. The van der Waals surface area contributed by atoms with E-state index in [0.717, 1.165) is 35.7 Å². The molecule has 6 heteroatoms. The van der Waals surface area contributed by atoms with Crippen molar-refractivity contribution in [2.24, 2.45) is 0 Å². The van der Waals surface area contributed by atoms with Crippen molar-refractivity contribution in [3.05, 3.63) is 90.1 Å². The smallest absolute Gasteiger partial charge is 0.255 e. The standard InChI is InChI=1S/C24H23N5O/c30-24(25-15-19-16-28-14-8-7-13-22(28)26-19)21-17-29(20-11-5-2-6-12-20)27-23(21)18-9-3-1-4-10-18/h1-6,9-12,16-17H,7-8,13-15H2,(H,25,30). The van der Waals surface area contributed by atoms with Crippen LogP contribution < -0.4 is 5.32 Å². The third-order valence-electron chi connectivity index (χ3n) is 5.42. The van der Waals surface area contributed by atoms with Crippen molar-refractivity contribution in [2.75, 3.05) is 0 Å². The van der Waals surface area contributed by atoms with Crippen LogP contribution in [0.15, 0.2) is 73.1 Å². The average Bonchev–Trinajstić information content (AvgIpc) is 3.43. The Balaban J connectivity index is 1.42. The number of nitrogens with one attached hydrogen (secondary N) is 1. The molecule has 1 amide bonds. The number of carbonyl (C=O) groups is 1. The third-order valence-corrected chi connectivity index (χ3v) is 5.42. The van der Waals surface area contributed by atoms with Gasteiger partial charge in [0.2, 0.25) is 0 Å². The van der Waals surface area contributed by atoms with Crippen LogP contribution in [0, 0.1) is 0 Å². The quantitative estimate of drug-likeness (QED) is 0.554. The predicted molar refractivity (Wildman–Crippen MR) is 115 cm³/mol. The van der Waals surface area contributed by atoms with Gasteiger partial charge in [-0.15, -0.1) is 0 Å². The largest absolute Gasteiger partial charge is 0.346 e. The molecule has 0 fully saturated rings. The van der Waals surface area contributed by atoms with Gasteiger partial charge in [-0.05, 0) is 25.0 Å². The van der Waals surface area contributed by atoms with Crippen molar-refractivity contribution in [2.45, 2.75) is 32.4 Å². The van der Waals surface area contributed by atoms with E-state index in [4.69, 9.17) is 5.10 Å². The molecular weight excluding hydrogens is 374 g/mol. The second-order valence-electron chi connectivity index (χ2n) is 7.52. The lowest BCUT2D eigenvalue weighted by molar-refractivity contribution is 0.0951. The van der Waals surface area contributed by atoms with Crippen LogP contribution in [-0.4, -0.2) is 25.2 Å². The maximum Gasteiger partial charge on any atom is 0.255 e. The minimum absolute atomic E-state index is 0.151. The number of imidazole rings is 1. The van der Waals surface area contributed by atoms with Gasteiger partial charge in [0.1, 0.15) is 11.5 Å². The Morgan fingerprint density at radius 3 is 2.50 bits per heavy atom. The molecule has 1 aliphatic rings. The van der Waals surface area contributed by atoms with Gasteiger partial charge in [0.15, 0.2) is 0 Å².